The van der Waals surface area contributed by atoms with E-state index in [1.165, 1.54) is 0 Å². The van der Waals surface area contributed by atoms with E-state index in [0.29, 0.717) is 44.6 Å². The third kappa shape index (κ3) is 4.25. The molecular weight excluding hydrogens is 330 g/mol. The number of hydrogen-bond acceptors (Lipinski definition) is 3. The fourth-order valence-electron chi connectivity index (χ4n) is 3.21. The molecule has 0 atom stereocenters. The van der Waals surface area contributed by atoms with Gasteiger partial charge in [0.2, 0.25) is 5.91 Å². The molecule has 1 saturated heterocycles. The number of hydrogen-bond donors (Lipinski definition) is 0. The van der Waals surface area contributed by atoms with Crippen molar-refractivity contribution in [2.45, 2.75) is 12.8 Å². The fourth-order valence-corrected chi connectivity index (χ4v) is 3.21. The summed E-state index contributed by atoms with van der Waals surface area (Å²) in [6, 6.07) is 9.63. The molecule has 2 heterocycles. The minimum absolute atomic E-state index is 0.0362. The van der Waals surface area contributed by atoms with Crippen LogP contribution in [-0.4, -0.2) is 59.5 Å². The van der Waals surface area contributed by atoms with Gasteiger partial charge in [-0.1, -0.05) is 12.1 Å². The van der Waals surface area contributed by atoms with Gasteiger partial charge in [0.15, 0.2) is 0 Å². The number of nitrogens with zero attached hydrogens (tertiary/aromatic N) is 3. The highest BCUT2D eigenvalue weighted by Crippen LogP contribution is 2.15. The zero-order valence-electron chi connectivity index (χ0n) is 15.4. The van der Waals surface area contributed by atoms with Crippen molar-refractivity contribution in [3.05, 3.63) is 53.9 Å². The molecule has 1 aromatic carbocycles. The molecule has 1 aromatic heterocycles. The fraction of sp³-hybridized carbons (Fsp3) is 0.400. The van der Waals surface area contributed by atoms with Gasteiger partial charge >= 0.3 is 0 Å². The Labute approximate surface area is 154 Å². The van der Waals surface area contributed by atoms with Gasteiger partial charge in [0.05, 0.1) is 12.7 Å². The first kappa shape index (κ1) is 18.0. The molecule has 1 aliphatic heterocycles. The molecule has 0 spiro atoms. The Balaban J connectivity index is 1.48. The molecule has 0 aliphatic carbocycles. The van der Waals surface area contributed by atoms with Crippen LogP contribution in [0.1, 0.15) is 22.3 Å². The molecule has 1 aliphatic rings. The van der Waals surface area contributed by atoms with Crippen molar-refractivity contribution in [1.82, 2.24) is 14.4 Å². The van der Waals surface area contributed by atoms with Gasteiger partial charge in [-0.2, -0.15) is 0 Å². The average Bonchev–Trinajstić information content (AvgIpc) is 3.12. The largest absolute Gasteiger partial charge is 0.497 e. The van der Waals surface area contributed by atoms with E-state index in [-0.39, 0.29) is 11.8 Å². The number of piperazine rings is 1. The van der Waals surface area contributed by atoms with Crippen LogP contribution in [0.3, 0.4) is 0 Å². The van der Waals surface area contributed by atoms with Crippen LogP contribution in [0.4, 0.5) is 0 Å². The topological polar surface area (TPSA) is 54.8 Å². The summed E-state index contributed by atoms with van der Waals surface area (Å²) in [5.74, 6) is 0.983. The summed E-state index contributed by atoms with van der Waals surface area (Å²) in [7, 11) is 3.54. The highest BCUT2D eigenvalue weighted by atomic mass is 16.5. The Morgan fingerprint density at radius 2 is 1.81 bits per heavy atom. The molecule has 0 bridgehead atoms. The van der Waals surface area contributed by atoms with Crippen molar-refractivity contribution in [3.63, 3.8) is 0 Å². The summed E-state index contributed by atoms with van der Waals surface area (Å²) in [5, 5.41) is 0. The van der Waals surface area contributed by atoms with E-state index in [1.54, 1.807) is 7.11 Å². The molecule has 2 aromatic rings. The number of carbonyl (C=O) groups excluding carboxylic acids is 2. The first-order chi connectivity index (χ1) is 12.6. The van der Waals surface area contributed by atoms with E-state index >= 15 is 0 Å². The van der Waals surface area contributed by atoms with Gasteiger partial charge in [0.25, 0.3) is 5.91 Å². The molecule has 1 fully saturated rings. The Kier molecular flexibility index (Phi) is 5.61. The normalized spacial score (nSPS) is 14.4. The van der Waals surface area contributed by atoms with Crippen molar-refractivity contribution in [1.29, 1.82) is 0 Å². The predicted octanol–water partition coefficient (Wildman–Crippen LogP) is 1.95. The summed E-state index contributed by atoms with van der Waals surface area (Å²) in [6.45, 7) is 2.35. The van der Waals surface area contributed by atoms with Crippen molar-refractivity contribution in [2.75, 3.05) is 33.3 Å². The van der Waals surface area contributed by atoms with Crippen LogP contribution < -0.4 is 4.74 Å². The van der Waals surface area contributed by atoms with Gasteiger partial charge in [0.1, 0.15) is 5.75 Å². The first-order valence-electron chi connectivity index (χ1n) is 8.89. The Morgan fingerprint density at radius 1 is 1.08 bits per heavy atom. The number of amides is 2. The smallest absolute Gasteiger partial charge is 0.255 e. The number of methoxy groups -OCH3 is 1. The zero-order valence-corrected chi connectivity index (χ0v) is 15.4. The monoisotopic (exact) mass is 355 g/mol. The summed E-state index contributed by atoms with van der Waals surface area (Å²) in [4.78, 5) is 28.6. The number of rotatable bonds is 5. The minimum atomic E-state index is 0.0362. The lowest BCUT2D eigenvalue weighted by Gasteiger charge is -2.34. The summed E-state index contributed by atoms with van der Waals surface area (Å²) in [6.07, 6.45) is 4.86. The van der Waals surface area contributed by atoms with Gasteiger partial charge in [0, 0.05) is 52.0 Å². The zero-order chi connectivity index (χ0) is 18.5. The Hall–Kier alpha value is -2.76. The molecular formula is C20H25N3O3. The second kappa shape index (κ2) is 8.08. The van der Waals surface area contributed by atoms with Crippen LogP contribution in [0, 0.1) is 0 Å². The molecule has 138 valence electrons. The number of benzene rings is 1. The second-order valence-electron chi connectivity index (χ2n) is 6.59. The lowest BCUT2D eigenvalue weighted by atomic mass is 10.1. The minimum Gasteiger partial charge on any atom is -0.497 e. The van der Waals surface area contributed by atoms with Gasteiger partial charge in [-0.15, -0.1) is 0 Å². The van der Waals surface area contributed by atoms with E-state index in [9.17, 15) is 9.59 Å². The molecule has 0 saturated carbocycles. The maximum absolute atomic E-state index is 12.5. The van der Waals surface area contributed by atoms with Crippen LogP contribution in [0.15, 0.2) is 42.7 Å². The van der Waals surface area contributed by atoms with E-state index in [4.69, 9.17) is 4.74 Å². The van der Waals surface area contributed by atoms with Crippen LogP contribution in [0.25, 0.3) is 0 Å². The summed E-state index contributed by atoms with van der Waals surface area (Å²) in [5.41, 5.74) is 1.79. The lowest BCUT2D eigenvalue weighted by Crippen LogP contribution is -2.50. The van der Waals surface area contributed by atoms with Gasteiger partial charge in [-0.3, -0.25) is 9.59 Å². The van der Waals surface area contributed by atoms with Crippen LogP contribution >= 0.6 is 0 Å². The number of aromatic nitrogens is 1. The highest BCUT2D eigenvalue weighted by Gasteiger charge is 2.24. The maximum Gasteiger partial charge on any atom is 0.255 e. The molecule has 26 heavy (non-hydrogen) atoms. The molecule has 6 heteroatoms. The van der Waals surface area contributed by atoms with Gasteiger partial charge < -0.3 is 19.1 Å². The first-order valence-corrected chi connectivity index (χ1v) is 8.89. The average molecular weight is 355 g/mol. The molecule has 2 amide bonds. The number of ether oxygens (including phenoxy) is 1. The van der Waals surface area contributed by atoms with Crippen molar-refractivity contribution in [3.8, 4) is 5.75 Å². The van der Waals surface area contributed by atoms with E-state index in [2.05, 4.69) is 0 Å². The highest BCUT2D eigenvalue weighted by molar-refractivity contribution is 5.94. The van der Waals surface area contributed by atoms with E-state index in [1.807, 2.05) is 64.1 Å². The Bertz CT molecular complexity index is 776. The maximum atomic E-state index is 12.5. The van der Waals surface area contributed by atoms with Crippen molar-refractivity contribution >= 4 is 11.8 Å². The number of carbonyl (C=O) groups is 2. The van der Waals surface area contributed by atoms with Crippen molar-refractivity contribution < 1.29 is 14.3 Å². The predicted molar refractivity (Wildman–Crippen MR) is 99.2 cm³/mol. The Morgan fingerprint density at radius 3 is 2.46 bits per heavy atom. The molecule has 6 nitrogen and oxygen atoms in total. The quantitative estimate of drug-likeness (QED) is 0.824. The van der Waals surface area contributed by atoms with Crippen LogP contribution in [-0.2, 0) is 18.3 Å². The molecule has 3 rings (SSSR count). The summed E-state index contributed by atoms with van der Waals surface area (Å²) < 4.78 is 7.08. The lowest BCUT2D eigenvalue weighted by molar-refractivity contribution is -0.132. The third-order valence-corrected chi connectivity index (χ3v) is 4.76. The number of aryl methyl sites for hydroxylation is 2. The molecule has 0 N–H and O–H groups in total. The second-order valence-corrected chi connectivity index (χ2v) is 6.59. The third-order valence-electron chi connectivity index (χ3n) is 4.76. The van der Waals surface area contributed by atoms with E-state index in [0.717, 1.165) is 11.3 Å². The summed E-state index contributed by atoms with van der Waals surface area (Å²) >= 11 is 0. The van der Waals surface area contributed by atoms with Crippen LogP contribution in [0.5, 0.6) is 5.75 Å². The molecule has 0 unspecified atom stereocenters. The van der Waals surface area contributed by atoms with Crippen molar-refractivity contribution in [2.24, 2.45) is 7.05 Å². The standard InChI is InChI=1S/C20H25N3O3/c1-21-9-8-17(15-21)20(25)23-12-10-22(11-13-23)19(24)7-6-16-4-3-5-18(14-16)26-2/h3-5,8-9,14-15H,6-7,10-13H2,1-2H3. The van der Waals surface area contributed by atoms with Crippen LogP contribution in [0.2, 0.25) is 0 Å². The van der Waals surface area contributed by atoms with Gasteiger partial charge in [-0.25, -0.2) is 0 Å². The molecule has 0 radical (unpaired) electrons. The van der Waals surface area contributed by atoms with Gasteiger partial charge in [-0.05, 0) is 30.2 Å². The SMILES string of the molecule is COc1cccc(CCC(=O)N2CCN(C(=O)c3ccn(C)c3)CC2)c1. The van der Waals surface area contributed by atoms with E-state index < -0.39 is 0 Å².